The Hall–Kier alpha value is -3.13. The normalized spacial score (nSPS) is 18.3. The second-order valence-corrected chi connectivity index (χ2v) is 7.92. The highest BCUT2D eigenvalue weighted by molar-refractivity contribution is 5.77. The van der Waals surface area contributed by atoms with Crippen LogP contribution in [0.2, 0.25) is 0 Å². The van der Waals surface area contributed by atoms with E-state index < -0.39 is 6.09 Å². The van der Waals surface area contributed by atoms with Crippen LogP contribution < -0.4 is 10.2 Å². The molecule has 8 nitrogen and oxygen atoms in total. The van der Waals surface area contributed by atoms with Crippen molar-refractivity contribution in [2.24, 2.45) is 0 Å². The molecule has 1 atom stereocenters. The van der Waals surface area contributed by atoms with Gasteiger partial charge in [-0.15, -0.1) is 0 Å². The molecule has 4 rings (SSSR count). The van der Waals surface area contributed by atoms with Gasteiger partial charge in [0.05, 0.1) is 24.5 Å². The number of nitrogens with zero attached hydrogens (tertiary/aromatic N) is 3. The summed E-state index contributed by atoms with van der Waals surface area (Å²) in [6.07, 6.45) is 4.27. The third-order valence-electron chi connectivity index (χ3n) is 5.83. The summed E-state index contributed by atoms with van der Waals surface area (Å²) in [6, 6.07) is 12.4. The maximum absolute atomic E-state index is 12.4. The lowest BCUT2D eigenvalue weighted by Crippen LogP contribution is -2.48. The second kappa shape index (κ2) is 9.78. The van der Waals surface area contributed by atoms with E-state index in [0.29, 0.717) is 32.0 Å². The number of cyclic esters (lactones) is 1. The summed E-state index contributed by atoms with van der Waals surface area (Å²) >= 11 is 0. The van der Waals surface area contributed by atoms with Gasteiger partial charge in [-0.1, -0.05) is 12.1 Å². The fourth-order valence-corrected chi connectivity index (χ4v) is 3.96. The number of likely N-dealkylation sites (tertiary alicyclic amines) is 1. The summed E-state index contributed by atoms with van der Waals surface area (Å²) in [5.41, 5.74) is 3.35. The Morgan fingerprint density at radius 2 is 2.06 bits per heavy atom. The third-order valence-corrected chi connectivity index (χ3v) is 5.83. The average Bonchev–Trinajstić information content (AvgIpc) is 3.18. The van der Waals surface area contributed by atoms with Crippen LogP contribution in [0.3, 0.4) is 0 Å². The minimum atomic E-state index is -0.394. The number of hydrogen-bond acceptors (Lipinski definition) is 6. The molecule has 1 N–H and O–H groups in total. The molecule has 2 aliphatic rings. The number of carbonyl (C=O) groups excluding carboxylic acids is 2. The van der Waals surface area contributed by atoms with Gasteiger partial charge in [0, 0.05) is 51.0 Å². The van der Waals surface area contributed by atoms with Gasteiger partial charge in [-0.2, -0.15) is 0 Å². The predicted molar refractivity (Wildman–Crippen MR) is 116 cm³/mol. The summed E-state index contributed by atoms with van der Waals surface area (Å²) in [5.74, 6) is 0.495. The molecule has 0 aliphatic carbocycles. The van der Waals surface area contributed by atoms with Gasteiger partial charge in [-0.3, -0.25) is 9.78 Å². The largest absolute Gasteiger partial charge is 0.447 e. The van der Waals surface area contributed by atoms with Gasteiger partial charge in [0.1, 0.15) is 6.61 Å². The third kappa shape index (κ3) is 5.14. The number of anilines is 2. The predicted octanol–water partition coefficient (Wildman–Crippen LogP) is 2.68. The summed E-state index contributed by atoms with van der Waals surface area (Å²) in [6.45, 7) is 3.18. The first-order chi connectivity index (χ1) is 15.1. The van der Waals surface area contributed by atoms with E-state index in [1.54, 1.807) is 13.3 Å². The molecule has 1 aromatic carbocycles. The molecule has 2 saturated heterocycles. The number of amides is 2. The van der Waals surface area contributed by atoms with Crippen LogP contribution in [0.4, 0.5) is 16.2 Å². The highest BCUT2D eigenvalue weighted by Gasteiger charge is 2.32. The average molecular weight is 425 g/mol. The number of rotatable bonds is 9. The minimum absolute atomic E-state index is 0.0538. The number of nitrogens with one attached hydrogen (secondary N) is 1. The smallest absolute Gasteiger partial charge is 0.407 e. The standard InChI is InChI=1S/C23H28N4O4/c1-30-12-11-27(21-3-2-10-24-13-21)20-7-4-17(5-8-20)18-14-26(15-18)22(28)9-6-19-16-31-23(29)25-19/h2-5,7-8,10,13,18-19H,6,9,11-12,14-16H2,1H3,(H,25,29)/t19-/m1/s1. The highest BCUT2D eigenvalue weighted by atomic mass is 16.6. The van der Waals surface area contributed by atoms with Crippen molar-refractivity contribution in [2.45, 2.75) is 24.8 Å². The molecule has 8 heteroatoms. The fourth-order valence-electron chi connectivity index (χ4n) is 3.96. The van der Waals surface area contributed by atoms with Crippen LogP contribution in [0, 0.1) is 0 Å². The van der Waals surface area contributed by atoms with Gasteiger partial charge in [0.25, 0.3) is 0 Å². The molecule has 2 amide bonds. The van der Waals surface area contributed by atoms with Gasteiger partial charge >= 0.3 is 6.09 Å². The van der Waals surface area contributed by atoms with E-state index in [4.69, 9.17) is 9.47 Å². The van der Waals surface area contributed by atoms with Crippen LogP contribution >= 0.6 is 0 Å². The zero-order valence-corrected chi connectivity index (χ0v) is 17.7. The van der Waals surface area contributed by atoms with Crippen molar-refractivity contribution in [1.29, 1.82) is 0 Å². The molecule has 0 bridgehead atoms. The Morgan fingerprint density at radius 1 is 1.26 bits per heavy atom. The fraction of sp³-hybridized carbons (Fsp3) is 0.435. The molecule has 0 spiro atoms. The van der Waals surface area contributed by atoms with Gasteiger partial charge < -0.3 is 24.6 Å². The zero-order valence-electron chi connectivity index (χ0n) is 17.7. The van der Waals surface area contributed by atoms with Gasteiger partial charge in [0.15, 0.2) is 0 Å². The number of hydrogen-bond donors (Lipinski definition) is 1. The maximum Gasteiger partial charge on any atom is 0.407 e. The van der Waals surface area contributed by atoms with E-state index in [9.17, 15) is 9.59 Å². The summed E-state index contributed by atoms with van der Waals surface area (Å²) in [4.78, 5) is 31.7. The Labute approximate surface area is 182 Å². The molecular formula is C23H28N4O4. The van der Waals surface area contributed by atoms with E-state index in [0.717, 1.165) is 31.0 Å². The minimum Gasteiger partial charge on any atom is -0.447 e. The van der Waals surface area contributed by atoms with Crippen molar-refractivity contribution < 1.29 is 19.1 Å². The second-order valence-electron chi connectivity index (χ2n) is 7.92. The van der Waals surface area contributed by atoms with Crippen molar-refractivity contribution in [3.8, 4) is 0 Å². The first-order valence-electron chi connectivity index (χ1n) is 10.6. The topological polar surface area (TPSA) is 84.0 Å². The van der Waals surface area contributed by atoms with Gasteiger partial charge in [-0.05, 0) is 36.2 Å². The number of methoxy groups -OCH3 is 1. The summed E-state index contributed by atoms with van der Waals surface area (Å²) in [7, 11) is 1.70. The van der Waals surface area contributed by atoms with Crippen molar-refractivity contribution in [2.75, 3.05) is 44.9 Å². The number of benzene rings is 1. The maximum atomic E-state index is 12.4. The Kier molecular flexibility index (Phi) is 6.66. The van der Waals surface area contributed by atoms with Gasteiger partial charge in [-0.25, -0.2) is 4.79 Å². The quantitative estimate of drug-likeness (QED) is 0.666. The molecule has 2 aliphatic heterocycles. The lowest BCUT2D eigenvalue weighted by atomic mass is 9.90. The Morgan fingerprint density at radius 3 is 2.71 bits per heavy atom. The number of aromatic nitrogens is 1. The SMILES string of the molecule is COCCN(c1ccc(C2CN(C(=O)CC[C@@H]3COC(=O)N3)C2)cc1)c1cccnc1. The van der Waals surface area contributed by atoms with Crippen LogP contribution in [0.1, 0.15) is 24.3 Å². The number of carbonyl (C=O) groups is 2. The number of ether oxygens (including phenoxy) is 2. The Bertz CT molecular complexity index is 884. The molecule has 31 heavy (non-hydrogen) atoms. The lowest BCUT2D eigenvalue weighted by molar-refractivity contribution is -0.135. The van der Waals surface area contributed by atoms with Gasteiger partial charge in [0.2, 0.25) is 5.91 Å². The molecule has 0 saturated carbocycles. The monoisotopic (exact) mass is 424 g/mol. The number of pyridine rings is 1. The number of alkyl carbamates (subject to hydrolysis) is 1. The first-order valence-corrected chi connectivity index (χ1v) is 10.6. The molecule has 1 aromatic heterocycles. The van der Waals surface area contributed by atoms with E-state index in [-0.39, 0.29) is 11.9 Å². The van der Waals surface area contributed by atoms with Crippen LogP contribution in [0.25, 0.3) is 0 Å². The first kappa shape index (κ1) is 21.1. The zero-order chi connectivity index (χ0) is 21.6. The van der Waals surface area contributed by atoms with Crippen LogP contribution in [0.15, 0.2) is 48.8 Å². The van der Waals surface area contributed by atoms with E-state index in [2.05, 4.69) is 39.5 Å². The Balaban J connectivity index is 1.30. The van der Waals surface area contributed by atoms with E-state index in [1.807, 2.05) is 23.2 Å². The molecular weight excluding hydrogens is 396 g/mol. The summed E-state index contributed by atoms with van der Waals surface area (Å²) < 4.78 is 10.1. The van der Waals surface area contributed by atoms with E-state index >= 15 is 0 Å². The van der Waals surface area contributed by atoms with Crippen LogP contribution in [-0.2, 0) is 14.3 Å². The molecule has 0 radical (unpaired) electrons. The molecule has 0 unspecified atom stereocenters. The molecule has 2 fully saturated rings. The lowest BCUT2D eigenvalue weighted by Gasteiger charge is -2.40. The van der Waals surface area contributed by atoms with Crippen molar-refractivity contribution in [3.05, 3.63) is 54.4 Å². The molecule has 3 heterocycles. The van der Waals surface area contributed by atoms with Crippen LogP contribution in [0.5, 0.6) is 0 Å². The van der Waals surface area contributed by atoms with Crippen molar-refractivity contribution in [1.82, 2.24) is 15.2 Å². The van der Waals surface area contributed by atoms with E-state index in [1.165, 1.54) is 5.56 Å². The van der Waals surface area contributed by atoms with Crippen LogP contribution in [-0.4, -0.2) is 67.9 Å². The molecule has 164 valence electrons. The van der Waals surface area contributed by atoms with Crippen molar-refractivity contribution >= 4 is 23.4 Å². The summed E-state index contributed by atoms with van der Waals surface area (Å²) in [5, 5.41) is 2.71. The molecule has 2 aromatic rings. The highest BCUT2D eigenvalue weighted by Crippen LogP contribution is 2.31. The van der Waals surface area contributed by atoms with Crippen molar-refractivity contribution in [3.63, 3.8) is 0 Å².